The lowest BCUT2D eigenvalue weighted by Gasteiger charge is -2.14. The van der Waals surface area contributed by atoms with Crippen molar-refractivity contribution in [2.24, 2.45) is 5.73 Å². The van der Waals surface area contributed by atoms with E-state index < -0.39 is 17.6 Å². The van der Waals surface area contributed by atoms with Gasteiger partial charge in [0.2, 0.25) is 0 Å². The zero-order valence-electron chi connectivity index (χ0n) is 13.3. The Morgan fingerprint density at radius 1 is 1.29 bits per heavy atom. The number of nitrogens with one attached hydrogen (secondary N) is 1. The molecular weight excluding hydrogens is 327 g/mol. The van der Waals surface area contributed by atoms with Crippen molar-refractivity contribution in [3.05, 3.63) is 57.7 Å². The zero-order chi connectivity index (χ0) is 17.4. The molecule has 2 aliphatic rings. The van der Waals surface area contributed by atoms with Crippen LogP contribution in [0.1, 0.15) is 36.0 Å². The van der Waals surface area contributed by atoms with Gasteiger partial charge in [0.05, 0.1) is 0 Å². The Morgan fingerprint density at radius 3 is 2.46 bits per heavy atom. The summed E-state index contributed by atoms with van der Waals surface area (Å²) in [6.45, 7) is 0. The fourth-order valence-corrected chi connectivity index (χ4v) is 2.71. The molecular formula is C18H21FN2O2S. The third kappa shape index (κ3) is 5.53. The molecule has 0 bridgehead atoms. The number of pyridine rings is 1. The van der Waals surface area contributed by atoms with Crippen LogP contribution in [-0.4, -0.2) is 22.8 Å². The number of aromatic nitrogens is 1. The Hall–Kier alpha value is -2.08. The topological polar surface area (TPSA) is 76.0 Å². The highest BCUT2D eigenvalue weighted by atomic mass is 32.2. The Balaban J connectivity index is 0.000000169. The van der Waals surface area contributed by atoms with Crippen molar-refractivity contribution in [2.75, 3.05) is 5.75 Å². The molecule has 0 unspecified atom stereocenters. The number of fused-ring (bicyclic) bond motifs is 1. The second kappa shape index (κ2) is 9.27. The molecule has 6 heteroatoms. The number of benzene rings is 1. The van der Waals surface area contributed by atoms with Gasteiger partial charge in [0.1, 0.15) is 11.7 Å². The van der Waals surface area contributed by atoms with E-state index in [1.165, 1.54) is 18.2 Å². The number of amides is 1. The van der Waals surface area contributed by atoms with Crippen molar-refractivity contribution >= 4 is 28.6 Å². The summed E-state index contributed by atoms with van der Waals surface area (Å²) in [5.41, 5.74) is 5.29. The number of carbonyl (C=O) groups is 1. The number of allylic oxidation sites excluding steroid dienone is 1. The van der Waals surface area contributed by atoms with Gasteiger partial charge in [-0.1, -0.05) is 24.3 Å². The summed E-state index contributed by atoms with van der Waals surface area (Å²) in [6.07, 6.45) is 5.80. The molecule has 1 aliphatic carbocycles. The fourth-order valence-electron chi connectivity index (χ4n) is 2.03. The van der Waals surface area contributed by atoms with Crippen LogP contribution in [0.2, 0.25) is 0 Å². The van der Waals surface area contributed by atoms with Crippen LogP contribution < -0.4 is 11.3 Å². The number of hydrogen-bond acceptors (Lipinski definition) is 3. The molecule has 1 aromatic carbocycles. The highest BCUT2D eigenvalue weighted by molar-refractivity contribution is 8.02. The molecule has 0 atom stereocenters. The molecule has 2 heterocycles. The first-order valence-corrected chi connectivity index (χ1v) is 8.95. The molecule has 0 radical (unpaired) electrons. The summed E-state index contributed by atoms with van der Waals surface area (Å²) in [5, 5.41) is 2.95. The Morgan fingerprint density at radius 2 is 2.00 bits per heavy atom. The molecule has 0 saturated heterocycles. The molecule has 24 heavy (non-hydrogen) atoms. The van der Waals surface area contributed by atoms with Crippen molar-refractivity contribution in [3.63, 3.8) is 0 Å². The highest BCUT2D eigenvalue weighted by Crippen LogP contribution is 2.20. The number of para-hydroxylation sites is 1. The minimum Gasteiger partial charge on any atom is -0.365 e. The number of carbonyl (C=O) groups excluding carboxylic acids is 1. The maximum atomic E-state index is 11.5. The van der Waals surface area contributed by atoms with Gasteiger partial charge < -0.3 is 10.7 Å². The number of hydrogen-bond donors (Lipinski definition) is 2. The maximum absolute atomic E-state index is 11.5. The molecule has 2 aromatic rings. The predicted octanol–water partition coefficient (Wildman–Crippen LogP) is 3.77. The smallest absolute Gasteiger partial charge is 0.261 e. The van der Waals surface area contributed by atoms with Gasteiger partial charge in [0, 0.05) is 11.3 Å². The second-order valence-corrected chi connectivity index (χ2v) is 6.54. The van der Waals surface area contributed by atoms with Gasteiger partial charge in [-0.05, 0) is 48.6 Å². The van der Waals surface area contributed by atoms with Crippen molar-refractivity contribution in [3.8, 4) is 0 Å². The summed E-state index contributed by atoms with van der Waals surface area (Å²) >= 11 is 1.89. The van der Waals surface area contributed by atoms with E-state index in [-0.39, 0.29) is 5.56 Å². The molecule has 1 fully saturated rings. The lowest BCUT2D eigenvalue weighted by atomic mass is 9.98. The minimum atomic E-state index is -0.711. The number of nitrogens with two attached hydrogens (primary N) is 1. The predicted molar refractivity (Wildman–Crippen MR) is 98.0 cm³/mol. The van der Waals surface area contributed by atoms with Crippen LogP contribution in [0.25, 0.3) is 10.9 Å². The Kier molecular flexibility index (Phi) is 7.06. The molecule has 4 rings (SSSR count). The number of halogens is 1. The summed E-state index contributed by atoms with van der Waals surface area (Å²) in [7, 11) is 0. The molecule has 1 aliphatic heterocycles. The van der Waals surface area contributed by atoms with Crippen LogP contribution >= 0.6 is 11.8 Å². The van der Waals surface area contributed by atoms with E-state index in [4.69, 9.17) is 5.73 Å². The summed E-state index contributed by atoms with van der Waals surface area (Å²) in [6, 6.07) is 8.70. The summed E-state index contributed by atoms with van der Waals surface area (Å²) < 4.78 is 11.5. The fraction of sp³-hybridized carbons (Fsp3) is 0.333. The Labute approximate surface area is 144 Å². The second-order valence-electron chi connectivity index (χ2n) is 5.52. The standard InChI is InChI=1S/C10H8N2O2.C4H7F.C4H6S/c11-9(13)7-5-6-3-1-2-4-8(6)12-10(7)14;5-4-2-1-3-4;1-2-4-5-3-1/h1-5H,(H2,11,13)(H,12,14);4H,1-3H2;1,3H,2,4H2. The molecule has 4 nitrogen and oxygen atoms in total. The highest BCUT2D eigenvalue weighted by Gasteiger charge is 2.14. The van der Waals surface area contributed by atoms with Gasteiger partial charge in [-0.3, -0.25) is 9.59 Å². The van der Waals surface area contributed by atoms with Gasteiger partial charge in [0.15, 0.2) is 0 Å². The molecule has 1 aromatic heterocycles. The molecule has 0 spiro atoms. The number of alkyl halides is 1. The van der Waals surface area contributed by atoms with Crippen LogP contribution in [0.4, 0.5) is 4.39 Å². The summed E-state index contributed by atoms with van der Waals surface area (Å²) in [4.78, 5) is 24.8. The molecule has 1 saturated carbocycles. The van der Waals surface area contributed by atoms with Gasteiger partial charge in [-0.25, -0.2) is 4.39 Å². The monoisotopic (exact) mass is 348 g/mol. The van der Waals surface area contributed by atoms with Crippen LogP contribution in [0.15, 0.2) is 46.6 Å². The van der Waals surface area contributed by atoms with E-state index in [0.29, 0.717) is 5.52 Å². The minimum absolute atomic E-state index is 0.0105. The largest absolute Gasteiger partial charge is 0.365 e. The lowest BCUT2D eigenvalue weighted by molar-refractivity contribution is 0.0999. The van der Waals surface area contributed by atoms with Gasteiger partial charge in [-0.15, -0.1) is 11.8 Å². The van der Waals surface area contributed by atoms with E-state index in [2.05, 4.69) is 16.5 Å². The van der Waals surface area contributed by atoms with Crippen LogP contribution in [0.3, 0.4) is 0 Å². The first-order valence-electron chi connectivity index (χ1n) is 7.90. The first-order chi connectivity index (χ1) is 11.6. The SMILES string of the molecule is C1=CSCC1.FC1CCC1.NC(=O)c1cc2ccccc2[nH]c1=O. The van der Waals surface area contributed by atoms with E-state index in [1.54, 1.807) is 12.1 Å². The summed E-state index contributed by atoms with van der Waals surface area (Å²) in [5.74, 6) is 0.594. The number of aromatic amines is 1. The number of primary amides is 1. The zero-order valence-corrected chi connectivity index (χ0v) is 14.2. The first kappa shape index (κ1) is 18.3. The van der Waals surface area contributed by atoms with E-state index in [1.807, 2.05) is 23.9 Å². The number of H-pyrrole nitrogens is 1. The molecule has 128 valence electrons. The van der Waals surface area contributed by atoms with Gasteiger partial charge in [-0.2, -0.15) is 0 Å². The van der Waals surface area contributed by atoms with Crippen LogP contribution in [0.5, 0.6) is 0 Å². The van der Waals surface area contributed by atoms with Crippen molar-refractivity contribution in [1.82, 2.24) is 4.98 Å². The van der Waals surface area contributed by atoms with E-state index >= 15 is 0 Å². The van der Waals surface area contributed by atoms with Crippen molar-refractivity contribution < 1.29 is 9.18 Å². The maximum Gasteiger partial charge on any atom is 0.261 e. The van der Waals surface area contributed by atoms with E-state index in [0.717, 1.165) is 24.6 Å². The quantitative estimate of drug-likeness (QED) is 0.823. The Bertz CT molecular complexity index is 763. The van der Waals surface area contributed by atoms with Gasteiger partial charge >= 0.3 is 0 Å². The molecule has 3 N–H and O–H groups in total. The number of rotatable bonds is 1. The van der Waals surface area contributed by atoms with Gasteiger partial charge in [0.25, 0.3) is 11.5 Å². The average molecular weight is 348 g/mol. The van der Waals surface area contributed by atoms with E-state index in [9.17, 15) is 14.0 Å². The van der Waals surface area contributed by atoms with Crippen molar-refractivity contribution in [1.29, 1.82) is 0 Å². The average Bonchev–Trinajstić information content (AvgIpc) is 3.12. The third-order valence-electron chi connectivity index (χ3n) is 3.65. The lowest BCUT2D eigenvalue weighted by Crippen LogP contribution is -2.23. The van der Waals surface area contributed by atoms with Crippen LogP contribution in [0, 0.1) is 0 Å². The number of thioether (sulfide) groups is 1. The third-order valence-corrected chi connectivity index (χ3v) is 4.50. The van der Waals surface area contributed by atoms with Crippen molar-refractivity contribution in [2.45, 2.75) is 31.9 Å². The molecule has 1 amide bonds. The normalized spacial score (nSPS) is 15.7. The van der Waals surface area contributed by atoms with Crippen LogP contribution in [-0.2, 0) is 0 Å².